The lowest BCUT2D eigenvalue weighted by molar-refractivity contribution is -0.344. The molecule has 25 unspecified atom stereocenters. The van der Waals surface area contributed by atoms with Crippen LogP contribution in [0.4, 0.5) is 0 Å². The van der Waals surface area contributed by atoms with Gasteiger partial charge in [-0.3, -0.25) is 0 Å². The average Bonchev–Trinajstić information content (AvgIpc) is 3.70. The third-order valence-electron chi connectivity index (χ3n) is 17.3. The summed E-state index contributed by atoms with van der Waals surface area (Å²) < 4.78 is 47.9. The molecule has 0 aromatic rings. The van der Waals surface area contributed by atoms with Crippen LogP contribution in [0.5, 0.6) is 0 Å². The van der Waals surface area contributed by atoms with E-state index < -0.39 is 117 Å². The zero-order valence-electron chi connectivity index (χ0n) is 36.1. The molecule has 0 aromatic heterocycles. The highest BCUT2D eigenvalue weighted by molar-refractivity contribution is 5.29. The number of fused-ring (bicyclic) bond motifs is 7. The molecular formula is C44H70O18. The Morgan fingerprint density at radius 2 is 1.26 bits per heavy atom. The highest BCUT2D eigenvalue weighted by atomic mass is 16.7. The van der Waals surface area contributed by atoms with E-state index in [0.29, 0.717) is 25.2 Å². The fraction of sp³-hybridized carbons (Fsp3) is 0.955. The van der Waals surface area contributed by atoms with Gasteiger partial charge in [0.2, 0.25) is 0 Å². The van der Waals surface area contributed by atoms with Gasteiger partial charge in [0, 0.05) is 24.7 Å². The molecule has 9 rings (SSSR count). The molecule has 10 N–H and O–H groups in total. The molecule has 354 valence electrons. The van der Waals surface area contributed by atoms with Crippen molar-refractivity contribution in [2.75, 3.05) is 19.8 Å². The molecule has 62 heavy (non-hydrogen) atoms. The van der Waals surface area contributed by atoms with Crippen LogP contribution in [0.25, 0.3) is 0 Å². The Kier molecular flexibility index (Phi) is 12.6. The molecule has 5 saturated heterocycles. The van der Waals surface area contributed by atoms with Crippen molar-refractivity contribution in [1.82, 2.24) is 0 Å². The van der Waals surface area contributed by atoms with Crippen molar-refractivity contribution in [3.63, 3.8) is 0 Å². The third kappa shape index (κ3) is 7.57. The zero-order chi connectivity index (χ0) is 44.3. The summed E-state index contributed by atoms with van der Waals surface area (Å²) >= 11 is 0. The summed E-state index contributed by atoms with van der Waals surface area (Å²) in [6.45, 7) is 8.03. The van der Waals surface area contributed by atoms with E-state index in [1.165, 1.54) is 12.5 Å². The number of allylic oxidation sites excluding steroid dienone is 1. The Morgan fingerprint density at radius 3 is 1.90 bits per heavy atom. The predicted octanol–water partition coefficient (Wildman–Crippen LogP) is -0.917. The Balaban J connectivity index is 0.810. The van der Waals surface area contributed by atoms with Crippen molar-refractivity contribution in [1.29, 1.82) is 0 Å². The normalized spacial score (nSPS) is 57.6. The van der Waals surface area contributed by atoms with Gasteiger partial charge in [0.25, 0.3) is 0 Å². The van der Waals surface area contributed by atoms with E-state index in [-0.39, 0.29) is 40.8 Å². The molecule has 25 atom stereocenters. The SMILES string of the molecule is CC1CCC2(CC3C(CC4(O)C5CC=C6CC(OC7OC(COC8OC(COC9OC(C)C(O)C(O)C9O)C(O)C(O)C8O)C(O)C(O)C7O)CCC6(C)C5CCC34C)O2)OC1. The van der Waals surface area contributed by atoms with Crippen molar-refractivity contribution >= 4 is 0 Å². The first kappa shape index (κ1) is 46.1. The molecule has 4 aliphatic carbocycles. The molecule has 5 heterocycles. The second-order valence-corrected chi connectivity index (χ2v) is 20.9. The number of rotatable bonds is 8. The number of hydrogen-bond donors (Lipinski definition) is 10. The van der Waals surface area contributed by atoms with Gasteiger partial charge >= 0.3 is 0 Å². The first-order valence-electron chi connectivity index (χ1n) is 23.0. The minimum Gasteiger partial charge on any atom is -0.389 e. The van der Waals surface area contributed by atoms with Crippen molar-refractivity contribution in [3.8, 4) is 0 Å². The minimum absolute atomic E-state index is 0.0176. The standard InChI is InChI=1S/C44H70O18/c1-19-7-12-43(57-16-19)14-25-26(62-43)15-44(54)24-6-5-21-13-22(8-10-41(21,3)23(24)9-11-42(25,44)4)59-40-37(53)34(50)31(47)28(61-40)18-56-39-36(52)33(49)30(46)27(60-39)17-55-38-35(51)32(48)29(45)20(2)58-38/h5,19-20,22-40,45-54H,6-18H2,1-4H3. The zero-order valence-corrected chi connectivity index (χ0v) is 36.1. The van der Waals surface area contributed by atoms with Gasteiger partial charge in [-0.2, -0.15) is 0 Å². The Hall–Kier alpha value is -0.980. The topological polar surface area (TPSA) is 276 Å². The number of aliphatic hydroxyl groups is 10. The Bertz CT molecular complexity index is 1630. The van der Waals surface area contributed by atoms with Crippen LogP contribution in [0.2, 0.25) is 0 Å². The first-order chi connectivity index (χ1) is 29.3. The van der Waals surface area contributed by atoms with Gasteiger partial charge < -0.3 is 89.0 Å². The number of aliphatic hydroxyl groups excluding tert-OH is 9. The Labute approximate surface area is 362 Å². The van der Waals surface area contributed by atoms with Crippen LogP contribution in [-0.2, 0) is 37.9 Å². The van der Waals surface area contributed by atoms with E-state index in [2.05, 4.69) is 26.8 Å². The van der Waals surface area contributed by atoms with Gasteiger partial charge in [-0.15, -0.1) is 0 Å². The third-order valence-corrected chi connectivity index (χ3v) is 17.3. The van der Waals surface area contributed by atoms with E-state index >= 15 is 0 Å². The van der Waals surface area contributed by atoms with Crippen LogP contribution in [0.1, 0.15) is 91.9 Å². The molecule has 18 heteroatoms. The summed E-state index contributed by atoms with van der Waals surface area (Å²) in [7, 11) is 0. The van der Waals surface area contributed by atoms with Crippen molar-refractivity contribution < 1.29 is 89.0 Å². The quantitative estimate of drug-likeness (QED) is 0.132. The molecule has 0 bridgehead atoms. The fourth-order valence-electron chi connectivity index (χ4n) is 13.2. The van der Waals surface area contributed by atoms with Crippen LogP contribution in [0, 0.1) is 34.5 Å². The predicted molar refractivity (Wildman–Crippen MR) is 211 cm³/mol. The lowest BCUT2D eigenvalue weighted by Gasteiger charge is -2.61. The van der Waals surface area contributed by atoms with Crippen LogP contribution >= 0.6 is 0 Å². The monoisotopic (exact) mass is 886 g/mol. The average molecular weight is 887 g/mol. The molecule has 3 saturated carbocycles. The van der Waals surface area contributed by atoms with Crippen LogP contribution < -0.4 is 0 Å². The number of hydrogen-bond acceptors (Lipinski definition) is 18. The smallest absolute Gasteiger partial charge is 0.186 e. The molecule has 1 spiro atoms. The summed E-state index contributed by atoms with van der Waals surface area (Å²) in [5.74, 6) is 0.637. The van der Waals surface area contributed by atoms with Gasteiger partial charge in [0.05, 0.1) is 43.7 Å². The van der Waals surface area contributed by atoms with Gasteiger partial charge in [-0.05, 0) is 81.0 Å². The van der Waals surface area contributed by atoms with Gasteiger partial charge in [0.1, 0.15) is 67.1 Å². The van der Waals surface area contributed by atoms with Gasteiger partial charge in [0.15, 0.2) is 24.7 Å². The maximum atomic E-state index is 12.8. The van der Waals surface area contributed by atoms with Crippen molar-refractivity contribution in [3.05, 3.63) is 11.6 Å². The molecule has 5 aliphatic heterocycles. The van der Waals surface area contributed by atoms with Crippen LogP contribution in [0.15, 0.2) is 11.6 Å². The molecule has 0 radical (unpaired) electrons. The van der Waals surface area contributed by atoms with E-state index in [4.69, 9.17) is 37.9 Å². The lowest BCUT2D eigenvalue weighted by atomic mass is 9.45. The van der Waals surface area contributed by atoms with Crippen LogP contribution in [-0.4, -0.2) is 187 Å². The summed E-state index contributed by atoms with van der Waals surface area (Å²) in [5, 5.41) is 108. The lowest BCUT2D eigenvalue weighted by Crippen LogP contribution is -2.62. The van der Waals surface area contributed by atoms with E-state index in [1.807, 2.05) is 0 Å². The molecule has 8 fully saturated rings. The van der Waals surface area contributed by atoms with Gasteiger partial charge in [-0.1, -0.05) is 32.4 Å². The summed E-state index contributed by atoms with van der Waals surface area (Å²) in [4.78, 5) is 0. The van der Waals surface area contributed by atoms with E-state index in [0.717, 1.165) is 51.6 Å². The summed E-state index contributed by atoms with van der Waals surface area (Å²) in [6, 6.07) is 0. The largest absolute Gasteiger partial charge is 0.389 e. The highest BCUT2D eigenvalue weighted by Gasteiger charge is 2.72. The molecule has 9 aliphatic rings. The van der Waals surface area contributed by atoms with E-state index in [1.54, 1.807) is 0 Å². The maximum absolute atomic E-state index is 12.8. The minimum atomic E-state index is -1.77. The maximum Gasteiger partial charge on any atom is 0.186 e. The molecular weight excluding hydrogens is 816 g/mol. The second-order valence-electron chi connectivity index (χ2n) is 20.9. The summed E-state index contributed by atoms with van der Waals surface area (Å²) in [5.41, 5.74) is -0.0240. The van der Waals surface area contributed by atoms with Crippen molar-refractivity contribution in [2.45, 2.75) is 208 Å². The highest BCUT2D eigenvalue weighted by Crippen LogP contribution is 2.71. The second kappa shape index (κ2) is 17.0. The summed E-state index contributed by atoms with van der Waals surface area (Å²) in [6.07, 6.45) is -12.4. The van der Waals surface area contributed by atoms with Gasteiger partial charge in [-0.25, -0.2) is 0 Å². The molecule has 0 aromatic carbocycles. The first-order valence-corrected chi connectivity index (χ1v) is 23.0. The number of ether oxygens (including phenoxy) is 8. The molecule has 0 amide bonds. The Morgan fingerprint density at radius 1 is 0.645 bits per heavy atom. The van der Waals surface area contributed by atoms with E-state index in [9.17, 15) is 51.1 Å². The molecule has 18 nitrogen and oxygen atoms in total. The fourth-order valence-corrected chi connectivity index (χ4v) is 13.2. The van der Waals surface area contributed by atoms with Crippen molar-refractivity contribution in [2.24, 2.45) is 34.5 Å². The van der Waals surface area contributed by atoms with Crippen LogP contribution in [0.3, 0.4) is 0 Å².